The second-order valence-corrected chi connectivity index (χ2v) is 6.90. The highest BCUT2D eigenvalue weighted by Crippen LogP contribution is 2.18. The van der Waals surface area contributed by atoms with E-state index >= 15 is 0 Å². The molecule has 0 aliphatic rings. The van der Waals surface area contributed by atoms with Gasteiger partial charge in [-0.1, -0.05) is 23.9 Å². The van der Waals surface area contributed by atoms with Gasteiger partial charge in [0, 0.05) is 5.69 Å². The summed E-state index contributed by atoms with van der Waals surface area (Å²) in [5.74, 6) is 0.804. The molecule has 2 aromatic heterocycles. The molecule has 0 radical (unpaired) electrons. The average Bonchev–Trinajstić information content (AvgIpc) is 3.01. The quantitative estimate of drug-likeness (QED) is 0.456. The molecule has 0 unspecified atom stereocenters. The maximum Gasteiger partial charge on any atom is 0.275 e. The van der Waals surface area contributed by atoms with Crippen LogP contribution in [0.4, 0.5) is 0 Å². The van der Waals surface area contributed by atoms with E-state index in [0.717, 1.165) is 17.0 Å². The Morgan fingerprint density at radius 1 is 1.31 bits per heavy atom. The SMILES string of the molecule is COc1ccc([C@H](C)NC(=O)CSc2nc3cc(C)[nH]c3c(=O)[nH]2)cc1. The Kier molecular flexibility index (Phi) is 5.32. The minimum atomic E-state index is -0.238. The van der Waals surface area contributed by atoms with Crippen LogP contribution in [0.5, 0.6) is 5.75 Å². The van der Waals surface area contributed by atoms with Gasteiger partial charge in [-0.15, -0.1) is 0 Å². The number of aromatic nitrogens is 3. The summed E-state index contributed by atoms with van der Waals surface area (Å²) in [6.45, 7) is 3.78. The predicted molar refractivity (Wildman–Crippen MR) is 102 cm³/mol. The van der Waals surface area contributed by atoms with Gasteiger partial charge in [0.1, 0.15) is 11.3 Å². The van der Waals surface area contributed by atoms with Gasteiger partial charge < -0.3 is 15.0 Å². The number of ether oxygens (including phenoxy) is 1. The summed E-state index contributed by atoms with van der Waals surface area (Å²) in [6, 6.07) is 9.22. The van der Waals surface area contributed by atoms with Crippen molar-refractivity contribution in [1.29, 1.82) is 0 Å². The van der Waals surface area contributed by atoms with Crippen molar-refractivity contribution >= 4 is 28.7 Å². The van der Waals surface area contributed by atoms with E-state index in [-0.39, 0.29) is 23.3 Å². The first-order valence-electron chi connectivity index (χ1n) is 8.12. The van der Waals surface area contributed by atoms with Gasteiger partial charge in [-0.05, 0) is 37.6 Å². The lowest BCUT2D eigenvalue weighted by atomic mass is 10.1. The molecule has 0 bridgehead atoms. The molecular formula is C18H20N4O3S. The summed E-state index contributed by atoms with van der Waals surface area (Å²) in [5.41, 5.74) is 2.66. The van der Waals surface area contributed by atoms with Crippen LogP contribution in [0, 0.1) is 6.92 Å². The van der Waals surface area contributed by atoms with Crippen LogP contribution in [0.25, 0.3) is 11.0 Å². The Hall–Kier alpha value is -2.74. The number of fused-ring (bicyclic) bond motifs is 1. The van der Waals surface area contributed by atoms with Gasteiger partial charge in [0.05, 0.1) is 24.4 Å². The molecule has 3 rings (SSSR count). The van der Waals surface area contributed by atoms with E-state index in [0.29, 0.717) is 16.2 Å². The van der Waals surface area contributed by atoms with Gasteiger partial charge in [-0.3, -0.25) is 14.6 Å². The van der Waals surface area contributed by atoms with E-state index in [1.165, 1.54) is 11.8 Å². The molecular weight excluding hydrogens is 352 g/mol. The van der Waals surface area contributed by atoms with E-state index in [1.807, 2.05) is 38.1 Å². The number of thioether (sulfide) groups is 1. The largest absolute Gasteiger partial charge is 0.497 e. The first-order chi connectivity index (χ1) is 12.5. The van der Waals surface area contributed by atoms with Crippen molar-refractivity contribution in [2.45, 2.75) is 25.0 Å². The predicted octanol–water partition coefficient (Wildman–Crippen LogP) is 2.54. The maximum absolute atomic E-state index is 12.2. The van der Waals surface area contributed by atoms with Crippen molar-refractivity contribution in [2.24, 2.45) is 0 Å². The third-order valence-corrected chi connectivity index (χ3v) is 4.81. The van der Waals surface area contributed by atoms with Crippen LogP contribution in [0.1, 0.15) is 24.2 Å². The molecule has 8 heteroatoms. The van der Waals surface area contributed by atoms with Crippen LogP contribution in [0.2, 0.25) is 0 Å². The van der Waals surface area contributed by atoms with Crippen molar-refractivity contribution in [3.05, 3.63) is 51.9 Å². The summed E-state index contributed by atoms with van der Waals surface area (Å²) in [7, 11) is 1.61. The molecule has 0 saturated heterocycles. The highest BCUT2D eigenvalue weighted by molar-refractivity contribution is 7.99. The Bertz CT molecular complexity index is 978. The minimum absolute atomic E-state index is 0.129. The number of carbonyl (C=O) groups is 1. The van der Waals surface area contributed by atoms with Crippen LogP contribution in [0.15, 0.2) is 40.3 Å². The zero-order chi connectivity index (χ0) is 18.7. The lowest BCUT2D eigenvalue weighted by Crippen LogP contribution is -2.28. The molecule has 0 spiro atoms. The Morgan fingerprint density at radius 3 is 2.73 bits per heavy atom. The summed E-state index contributed by atoms with van der Waals surface area (Å²) >= 11 is 1.20. The van der Waals surface area contributed by atoms with E-state index in [1.54, 1.807) is 13.2 Å². The van der Waals surface area contributed by atoms with Crippen LogP contribution in [0.3, 0.4) is 0 Å². The van der Waals surface area contributed by atoms with Gasteiger partial charge in [0.25, 0.3) is 5.56 Å². The molecule has 0 aliphatic carbocycles. The Balaban J connectivity index is 1.60. The number of benzene rings is 1. The number of methoxy groups -OCH3 is 1. The smallest absolute Gasteiger partial charge is 0.275 e. The van der Waals surface area contributed by atoms with Gasteiger partial charge in [0.2, 0.25) is 5.91 Å². The van der Waals surface area contributed by atoms with Crippen LogP contribution < -0.4 is 15.6 Å². The third-order valence-electron chi connectivity index (χ3n) is 3.93. The lowest BCUT2D eigenvalue weighted by molar-refractivity contribution is -0.119. The van der Waals surface area contributed by atoms with E-state index in [9.17, 15) is 9.59 Å². The van der Waals surface area contributed by atoms with Crippen molar-refractivity contribution in [1.82, 2.24) is 20.3 Å². The number of carbonyl (C=O) groups excluding carboxylic acids is 1. The number of hydrogen-bond donors (Lipinski definition) is 3. The van der Waals surface area contributed by atoms with E-state index in [2.05, 4.69) is 20.3 Å². The highest BCUT2D eigenvalue weighted by atomic mass is 32.2. The molecule has 1 atom stereocenters. The standard InChI is InChI=1S/C18H20N4O3S/c1-10-8-14-16(19-10)17(24)22-18(21-14)26-9-15(23)20-11(2)12-4-6-13(25-3)7-5-12/h4-8,11,19H,9H2,1-3H3,(H,20,23)(H,21,22,24)/t11-/m0/s1. The van der Waals surface area contributed by atoms with Crippen molar-refractivity contribution < 1.29 is 9.53 Å². The summed E-state index contributed by atoms with van der Waals surface area (Å²) in [6.07, 6.45) is 0. The summed E-state index contributed by atoms with van der Waals surface area (Å²) < 4.78 is 5.13. The maximum atomic E-state index is 12.2. The van der Waals surface area contributed by atoms with Crippen molar-refractivity contribution in [2.75, 3.05) is 12.9 Å². The number of aryl methyl sites for hydroxylation is 1. The Labute approximate surface area is 154 Å². The normalized spacial score (nSPS) is 12.1. The number of nitrogens with one attached hydrogen (secondary N) is 3. The fraction of sp³-hybridized carbons (Fsp3) is 0.278. The van der Waals surface area contributed by atoms with Gasteiger partial charge in [-0.2, -0.15) is 0 Å². The van der Waals surface area contributed by atoms with Gasteiger partial charge in [-0.25, -0.2) is 4.98 Å². The number of amides is 1. The first kappa shape index (κ1) is 18.1. The molecule has 0 saturated carbocycles. The Morgan fingerprint density at radius 2 is 2.04 bits per heavy atom. The van der Waals surface area contributed by atoms with E-state index < -0.39 is 0 Å². The number of aromatic amines is 2. The van der Waals surface area contributed by atoms with Crippen LogP contribution >= 0.6 is 11.8 Å². The fourth-order valence-electron chi connectivity index (χ4n) is 2.59. The van der Waals surface area contributed by atoms with Crippen molar-refractivity contribution in [3.63, 3.8) is 0 Å². The summed E-state index contributed by atoms with van der Waals surface area (Å²) in [5, 5.41) is 3.36. The van der Waals surface area contributed by atoms with Crippen LogP contribution in [-0.4, -0.2) is 33.7 Å². The highest BCUT2D eigenvalue weighted by Gasteiger charge is 2.12. The monoisotopic (exact) mass is 372 g/mol. The average molecular weight is 372 g/mol. The molecule has 3 aromatic rings. The fourth-order valence-corrected chi connectivity index (χ4v) is 3.27. The van der Waals surface area contributed by atoms with Gasteiger partial charge >= 0.3 is 0 Å². The van der Waals surface area contributed by atoms with Gasteiger partial charge in [0.15, 0.2) is 5.16 Å². The van der Waals surface area contributed by atoms with Crippen molar-refractivity contribution in [3.8, 4) is 5.75 Å². The zero-order valence-corrected chi connectivity index (χ0v) is 15.6. The molecule has 7 nitrogen and oxygen atoms in total. The second-order valence-electron chi connectivity index (χ2n) is 5.93. The molecule has 1 aromatic carbocycles. The molecule has 26 heavy (non-hydrogen) atoms. The third kappa shape index (κ3) is 4.08. The number of nitrogens with zero attached hydrogens (tertiary/aromatic N) is 1. The lowest BCUT2D eigenvalue weighted by Gasteiger charge is -2.14. The number of hydrogen-bond acceptors (Lipinski definition) is 5. The molecule has 1 amide bonds. The second kappa shape index (κ2) is 7.65. The molecule has 3 N–H and O–H groups in total. The first-order valence-corrected chi connectivity index (χ1v) is 9.10. The molecule has 0 fully saturated rings. The van der Waals surface area contributed by atoms with Crippen LogP contribution in [-0.2, 0) is 4.79 Å². The topological polar surface area (TPSA) is 99.9 Å². The number of H-pyrrole nitrogens is 2. The molecule has 136 valence electrons. The number of rotatable bonds is 6. The van der Waals surface area contributed by atoms with E-state index in [4.69, 9.17) is 4.74 Å². The zero-order valence-electron chi connectivity index (χ0n) is 14.8. The molecule has 0 aliphatic heterocycles. The molecule has 2 heterocycles. The summed E-state index contributed by atoms with van der Waals surface area (Å²) in [4.78, 5) is 34.2. The minimum Gasteiger partial charge on any atom is -0.497 e.